The zero-order valence-electron chi connectivity index (χ0n) is 9.37. The highest BCUT2D eigenvalue weighted by Gasteiger charge is 2.23. The molecule has 1 rings (SSSR count). The molecule has 0 saturated heterocycles. The van der Waals surface area contributed by atoms with Gasteiger partial charge in [0.1, 0.15) is 11.8 Å². The second-order valence-corrected chi connectivity index (χ2v) is 4.36. The minimum Gasteiger partial charge on any atom is -0.508 e. The lowest BCUT2D eigenvalue weighted by molar-refractivity contribution is -0.142. The molecule has 0 aliphatic carbocycles. The first-order valence-corrected chi connectivity index (χ1v) is 5.51. The van der Waals surface area contributed by atoms with Crippen molar-refractivity contribution in [1.29, 1.82) is 0 Å². The van der Waals surface area contributed by atoms with Crippen LogP contribution in [0.15, 0.2) is 10.5 Å². The normalized spacial score (nSPS) is 12.3. The Morgan fingerprint density at radius 2 is 2.12 bits per heavy atom. The van der Waals surface area contributed by atoms with Crippen LogP contribution in [0.5, 0.6) is 5.75 Å². The minimum absolute atomic E-state index is 0.0103. The second-order valence-electron chi connectivity index (χ2n) is 3.57. The number of rotatable bonds is 2. The number of esters is 1. The van der Waals surface area contributed by atoms with E-state index in [0.29, 0.717) is 5.56 Å². The molecule has 5 heteroatoms. The van der Waals surface area contributed by atoms with E-state index in [9.17, 15) is 9.90 Å². The number of methoxy groups -OCH3 is 1. The number of benzene rings is 1. The molecule has 1 aromatic rings. The maximum atomic E-state index is 11.3. The molecular weight excluding hydrogens is 274 g/mol. The Kier molecular flexibility index (Phi) is 3.93. The smallest absolute Gasteiger partial charge is 0.327 e. The van der Waals surface area contributed by atoms with E-state index < -0.39 is 12.0 Å². The highest BCUT2D eigenvalue weighted by Crippen LogP contribution is 2.34. The van der Waals surface area contributed by atoms with E-state index in [4.69, 9.17) is 5.73 Å². The summed E-state index contributed by atoms with van der Waals surface area (Å²) in [5.41, 5.74) is 7.74. The number of carbonyl (C=O) groups is 1. The van der Waals surface area contributed by atoms with E-state index in [1.807, 2.05) is 6.92 Å². The van der Waals surface area contributed by atoms with Crippen molar-refractivity contribution < 1.29 is 14.6 Å². The number of hydrogen-bond acceptors (Lipinski definition) is 4. The maximum Gasteiger partial charge on any atom is 0.327 e. The van der Waals surface area contributed by atoms with Gasteiger partial charge in [-0.05, 0) is 31.0 Å². The standard InChI is InChI=1S/C11H14BrNO3/c1-5-4-7(14)8(6(2)9(5)12)10(13)11(15)16-3/h4,10,14H,13H2,1-3H3/t10-/m1/s1. The summed E-state index contributed by atoms with van der Waals surface area (Å²) in [6, 6.07) is 0.594. The van der Waals surface area contributed by atoms with E-state index in [-0.39, 0.29) is 5.75 Å². The molecule has 0 aliphatic rings. The molecule has 0 radical (unpaired) electrons. The van der Waals surface area contributed by atoms with Crippen LogP contribution in [0.1, 0.15) is 22.7 Å². The Bertz CT molecular complexity index is 432. The average Bonchev–Trinajstić information content (AvgIpc) is 2.24. The van der Waals surface area contributed by atoms with Gasteiger partial charge in [-0.3, -0.25) is 4.79 Å². The predicted molar refractivity (Wildman–Crippen MR) is 64.2 cm³/mol. The number of nitrogens with two attached hydrogens (primary N) is 1. The van der Waals surface area contributed by atoms with Gasteiger partial charge < -0.3 is 15.6 Å². The molecule has 0 heterocycles. The van der Waals surface area contributed by atoms with Gasteiger partial charge in [-0.25, -0.2) is 0 Å². The number of ether oxygens (including phenoxy) is 1. The number of hydrogen-bond donors (Lipinski definition) is 2. The van der Waals surface area contributed by atoms with Gasteiger partial charge in [-0.2, -0.15) is 0 Å². The zero-order valence-corrected chi connectivity index (χ0v) is 11.0. The van der Waals surface area contributed by atoms with Crippen molar-refractivity contribution in [2.24, 2.45) is 5.73 Å². The van der Waals surface area contributed by atoms with E-state index >= 15 is 0 Å². The van der Waals surface area contributed by atoms with E-state index in [2.05, 4.69) is 20.7 Å². The van der Waals surface area contributed by atoms with Gasteiger partial charge in [-0.1, -0.05) is 15.9 Å². The molecule has 0 aliphatic heterocycles. The van der Waals surface area contributed by atoms with Crippen LogP contribution in [0.25, 0.3) is 0 Å². The molecule has 3 N–H and O–H groups in total. The van der Waals surface area contributed by atoms with Crippen molar-refractivity contribution in [3.8, 4) is 5.75 Å². The number of aromatic hydroxyl groups is 1. The number of phenolic OH excluding ortho intramolecular Hbond substituents is 1. The lowest BCUT2D eigenvalue weighted by Gasteiger charge is -2.16. The van der Waals surface area contributed by atoms with Gasteiger partial charge in [0.15, 0.2) is 0 Å². The Hall–Kier alpha value is -1.07. The number of phenols is 1. The Labute approximate surface area is 103 Å². The van der Waals surface area contributed by atoms with Crippen LogP contribution in [0.2, 0.25) is 0 Å². The third kappa shape index (κ3) is 2.20. The molecule has 0 unspecified atom stereocenters. The van der Waals surface area contributed by atoms with Crippen LogP contribution in [0.3, 0.4) is 0 Å². The summed E-state index contributed by atoms with van der Waals surface area (Å²) in [5.74, 6) is -0.565. The van der Waals surface area contributed by atoms with Gasteiger partial charge in [0.25, 0.3) is 0 Å². The van der Waals surface area contributed by atoms with Crippen LogP contribution in [-0.4, -0.2) is 18.2 Å². The lowest BCUT2D eigenvalue weighted by Crippen LogP contribution is -2.23. The predicted octanol–water partition coefficient (Wildman–Crippen LogP) is 1.94. The van der Waals surface area contributed by atoms with Crippen LogP contribution in [0, 0.1) is 13.8 Å². The summed E-state index contributed by atoms with van der Waals surface area (Å²) in [4.78, 5) is 11.3. The molecule has 4 nitrogen and oxygen atoms in total. The highest BCUT2D eigenvalue weighted by atomic mass is 79.9. The Balaban J connectivity index is 3.34. The highest BCUT2D eigenvalue weighted by molar-refractivity contribution is 9.10. The number of aryl methyl sites for hydroxylation is 1. The number of carbonyl (C=O) groups excluding carboxylic acids is 1. The van der Waals surface area contributed by atoms with Crippen LogP contribution < -0.4 is 5.73 Å². The van der Waals surface area contributed by atoms with Gasteiger partial charge in [-0.15, -0.1) is 0 Å². The van der Waals surface area contributed by atoms with Gasteiger partial charge >= 0.3 is 5.97 Å². The topological polar surface area (TPSA) is 72.5 Å². The third-order valence-corrected chi connectivity index (χ3v) is 3.69. The summed E-state index contributed by atoms with van der Waals surface area (Å²) in [5, 5.41) is 9.80. The van der Waals surface area contributed by atoms with Crippen molar-refractivity contribution >= 4 is 21.9 Å². The lowest BCUT2D eigenvalue weighted by atomic mass is 9.98. The van der Waals surface area contributed by atoms with Crippen LogP contribution in [-0.2, 0) is 9.53 Å². The summed E-state index contributed by atoms with van der Waals surface area (Å²) >= 11 is 3.38. The molecule has 88 valence electrons. The summed E-state index contributed by atoms with van der Waals surface area (Å²) in [6.07, 6.45) is 0. The summed E-state index contributed by atoms with van der Waals surface area (Å²) in [6.45, 7) is 3.64. The quantitative estimate of drug-likeness (QED) is 0.816. The Morgan fingerprint density at radius 3 is 2.62 bits per heavy atom. The molecule has 1 aromatic carbocycles. The molecule has 0 bridgehead atoms. The first-order valence-electron chi connectivity index (χ1n) is 4.72. The van der Waals surface area contributed by atoms with Gasteiger partial charge in [0.05, 0.1) is 7.11 Å². The van der Waals surface area contributed by atoms with Gasteiger partial charge in [0.2, 0.25) is 0 Å². The summed E-state index contributed by atoms with van der Waals surface area (Å²) < 4.78 is 5.39. The van der Waals surface area contributed by atoms with Crippen LogP contribution in [0.4, 0.5) is 0 Å². The fraction of sp³-hybridized carbons (Fsp3) is 0.364. The van der Waals surface area contributed by atoms with Crippen molar-refractivity contribution in [1.82, 2.24) is 0 Å². The second kappa shape index (κ2) is 4.84. The van der Waals surface area contributed by atoms with Crippen molar-refractivity contribution in [3.05, 3.63) is 27.2 Å². The monoisotopic (exact) mass is 287 g/mol. The Morgan fingerprint density at radius 1 is 1.56 bits per heavy atom. The molecule has 0 amide bonds. The fourth-order valence-electron chi connectivity index (χ4n) is 1.59. The van der Waals surface area contributed by atoms with E-state index in [1.165, 1.54) is 7.11 Å². The van der Waals surface area contributed by atoms with Crippen LogP contribution >= 0.6 is 15.9 Å². The van der Waals surface area contributed by atoms with Gasteiger partial charge in [0, 0.05) is 10.0 Å². The fourth-order valence-corrected chi connectivity index (χ4v) is 1.92. The van der Waals surface area contributed by atoms with Crippen molar-refractivity contribution in [2.45, 2.75) is 19.9 Å². The van der Waals surface area contributed by atoms with E-state index in [0.717, 1.165) is 15.6 Å². The molecule has 1 atom stereocenters. The van der Waals surface area contributed by atoms with Crippen molar-refractivity contribution in [2.75, 3.05) is 7.11 Å². The first-order chi connectivity index (χ1) is 7.40. The molecule has 0 aromatic heterocycles. The minimum atomic E-state index is -0.970. The molecule has 16 heavy (non-hydrogen) atoms. The molecular formula is C11H14BrNO3. The van der Waals surface area contributed by atoms with Crippen molar-refractivity contribution in [3.63, 3.8) is 0 Å². The first kappa shape index (κ1) is 13.0. The summed E-state index contributed by atoms with van der Waals surface area (Å²) in [7, 11) is 1.26. The molecule has 0 fully saturated rings. The zero-order chi connectivity index (χ0) is 12.5. The maximum absolute atomic E-state index is 11.3. The third-order valence-electron chi connectivity index (χ3n) is 2.47. The number of halogens is 1. The largest absolute Gasteiger partial charge is 0.508 e. The molecule has 0 saturated carbocycles. The molecule has 0 spiro atoms. The SMILES string of the molecule is COC(=O)[C@H](N)c1c(O)cc(C)c(Br)c1C. The van der Waals surface area contributed by atoms with E-state index in [1.54, 1.807) is 13.0 Å². The average molecular weight is 288 g/mol.